The molecule has 1 fully saturated rings. The molecule has 3 aliphatic rings. The Morgan fingerprint density at radius 3 is 2.41 bits per heavy atom. The Kier molecular flexibility index (Phi) is 21.1. The minimum absolute atomic E-state index is 0.0386. The molecule has 1 aliphatic heterocycles. The smallest absolute Gasteiger partial charge is 0.224 e. The lowest BCUT2D eigenvalue weighted by Gasteiger charge is -2.22. The van der Waals surface area contributed by atoms with Crippen LogP contribution in [-0.4, -0.2) is 45.1 Å². The van der Waals surface area contributed by atoms with E-state index in [9.17, 15) is 9.18 Å². The number of benzene rings is 1. The Labute approximate surface area is 265 Å². The number of hydrogen-bond acceptors (Lipinski definition) is 5. The minimum Gasteiger partial charge on any atom is -0.492 e. The van der Waals surface area contributed by atoms with Crippen molar-refractivity contribution in [3.8, 4) is 0 Å². The number of nitrogens with two attached hydrogens (primary N) is 1. The standard InChI is InChI=1S/C25H39N3O2.C7H7F.C3H8.CH3NO/c1-3-7-23-18-26-12-13-30-24-9-6-4-5-8-21(24)14-19(2)16-28-25(29)22(17-27-23)15-20-10-11-20;1-6-3-2-4-7(8)5-6;1-3-2;2-1-3/h5-9,19-20,22,26-27H,3-4,10-18H2,1-2H3,(H,28,29);2-5H,1H3;3H2,1-2H3;1H,(H2,2,3)/b23-7-;;;. The Hall–Kier alpha value is -3.39. The number of allylic oxidation sites excluding steroid dienone is 6. The number of primary amides is 1. The van der Waals surface area contributed by atoms with Gasteiger partial charge in [0, 0.05) is 31.9 Å². The molecule has 0 bridgehead atoms. The molecule has 2 aliphatic carbocycles. The van der Waals surface area contributed by atoms with Gasteiger partial charge in [0.1, 0.15) is 18.2 Å². The van der Waals surface area contributed by atoms with Gasteiger partial charge in [-0.1, -0.05) is 83.4 Å². The molecule has 5 N–H and O–H groups in total. The highest BCUT2D eigenvalue weighted by Gasteiger charge is 2.29. The lowest BCUT2D eigenvalue weighted by atomic mass is 9.98. The molecule has 246 valence electrons. The van der Waals surface area contributed by atoms with Crippen molar-refractivity contribution in [2.24, 2.45) is 23.5 Å². The molecule has 0 spiro atoms. The molecular formula is C36H57FN4O3. The maximum Gasteiger partial charge on any atom is 0.224 e. The first-order chi connectivity index (χ1) is 21.3. The third kappa shape index (κ3) is 18.3. The fourth-order valence-corrected chi connectivity index (χ4v) is 4.64. The normalized spacial score (nSPS) is 21.7. The van der Waals surface area contributed by atoms with Crippen molar-refractivity contribution in [1.82, 2.24) is 16.0 Å². The third-order valence-corrected chi connectivity index (χ3v) is 6.91. The van der Waals surface area contributed by atoms with E-state index in [0.717, 1.165) is 56.0 Å². The number of halogens is 1. The van der Waals surface area contributed by atoms with Crippen LogP contribution in [0.5, 0.6) is 0 Å². The average molecular weight is 613 g/mol. The van der Waals surface area contributed by atoms with Crippen molar-refractivity contribution in [3.63, 3.8) is 0 Å². The molecule has 1 saturated carbocycles. The predicted octanol–water partition coefficient (Wildman–Crippen LogP) is 6.47. The second-order valence-corrected chi connectivity index (χ2v) is 11.5. The highest BCUT2D eigenvalue weighted by atomic mass is 19.1. The van der Waals surface area contributed by atoms with Crippen LogP contribution in [0.15, 0.2) is 71.7 Å². The molecule has 0 radical (unpaired) electrons. The summed E-state index contributed by atoms with van der Waals surface area (Å²) in [5, 5.41) is 10.3. The lowest BCUT2D eigenvalue weighted by molar-refractivity contribution is -0.125. The minimum atomic E-state index is -0.162. The van der Waals surface area contributed by atoms with Crippen LogP contribution in [0.1, 0.15) is 78.2 Å². The molecule has 1 aromatic rings. The molecule has 0 aromatic heterocycles. The van der Waals surface area contributed by atoms with Crippen molar-refractivity contribution in [1.29, 1.82) is 0 Å². The first-order valence-electron chi connectivity index (χ1n) is 16.3. The van der Waals surface area contributed by atoms with Gasteiger partial charge in [0.05, 0.1) is 5.92 Å². The number of hydrogen-bond donors (Lipinski definition) is 4. The molecule has 2 atom stereocenters. The second-order valence-electron chi connectivity index (χ2n) is 11.5. The van der Waals surface area contributed by atoms with Crippen LogP contribution < -0.4 is 21.7 Å². The molecule has 1 heterocycles. The molecular weight excluding hydrogens is 555 g/mol. The number of nitrogens with one attached hydrogen (secondary N) is 3. The molecule has 1 aromatic carbocycles. The summed E-state index contributed by atoms with van der Waals surface area (Å²) in [6.45, 7) is 14.1. The van der Waals surface area contributed by atoms with E-state index in [1.165, 1.54) is 42.7 Å². The quantitative estimate of drug-likeness (QED) is 0.293. The first-order valence-corrected chi connectivity index (χ1v) is 16.3. The summed E-state index contributed by atoms with van der Waals surface area (Å²) in [5.74, 6) is 2.12. The van der Waals surface area contributed by atoms with E-state index >= 15 is 0 Å². The SMILES string of the molecule is CC/C=C1/CNCCOC2=C(C=CCC=C2)CC(C)CNC(=O)C(CC2CC2)CN1.CCC.Cc1cccc(F)c1.NC=O. The van der Waals surface area contributed by atoms with Gasteiger partial charge in [-0.3, -0.25) is 9.59 Å². The van der Waals surface area contributed by atoms with Gasteiger partial charge in [-0.2, -0.15) is 0 Å². The summed E-state index contributed by atoms with van der Waals surface area (Å²) < 4.78 is 18.3. The van der Waals surface area contributed by atoms with E-state index in [4.69, 9.17) is 9.53 Å². The topological polar surface area (TPSA) is 105 Å². The highest BCUT2D eigenvalue weighted by molar-refractivity contribution is 5.79. The largest absolute Gasteiger partial charge is 0.492 e. The van der Waals surface area contributed by atoms with E-state index in [-0.39, 0.29) is 24.1 Å². The molecule has 2 amide bonds. The molecule has 4 rings (SSSR count). The van der Waals surface area contributed by atoms with Crippen LogP contribution in [-0.2, 0) is 14.3 Å². The van der Waals surface area contributed by atoms with Crippen molar-refractivity contribution < 1.29 is 18.7 Å². The van der Waals surface area contributed by atoms with Gasteiger partial charge in [-0.05, 0) is 73.8 Å². The average Bonchev–Trinajstić information content (AvgIpc) is 3.82. The second kappa shape index (κ2) is 24.0. The van der Waals surface area contributed by atoms with Gasteiger partial charge < -0.3 is 26.4 Å². The van der Waals surface area contributed by atoms with Gasteiger partial charge in [0.2, 0.25) is 12.3 Å². The van der Waals surface area contributed by atoms with E-state index in [0.29, 0.717) is 25.6 Å². The van der Waals surface area contributed by atoms with E-state index in [1.807, 2.05) is 13.0 Å². The number of amides is 2. The zero-order valence-electron chi connectivity index (χ0n) is 27.7. The maximum atomic E-state index is 13.0. The Balaban J connectivity index is 0.000000573. The van der Waals surface area contributed by atoms with Crippen molar-refractivity contribution >= 4 is 12.3 Å². The van der Waals surface area contributed by atoms with Gasteiger partial charge in [0.15, 0.2) is 0 Å². The molecule has 7 nitrogen and oxygen atoms in total. The van der Waals surface area contributed by atoms with Crippen molar-refractivity contribution in [2.75, 3.05) is 32.8 Å². The summed E-state index contributed by atoms with van der Waals surface area (Å²) in [6, 6.07) is 6.50. The van der Waals surface area contributed by atoms with Crippen LogP contribution in [0.25, 0.3) is 0 Å². The van der Waals surface area contributed by atoms with Gasteiger partial charge in [-0.15, -0.1) is 0 Å². The summed E-state index contributed by atoms with van der Waals surface area (Å²) in [7, 11) is 0. The van der Waals surface area contributed by atoms with Crippen LogP contribution in [0, 0.1) is 30.5 Å². The van der Waals surface area contributed by atoms with Gasteiger partial charge >= 0.3 is 0 Å². The number of ether oxygens (including phenoxy) is 1. The number of carbonyl (C=O) groups is 2. The Morgan fingerprint density at radius 1 is 1.09 bits per heavy atom. The summed E-state index contributed by atoms with van der Waals surface area (Å²) in [4.78, 5) is 21.6. The third-order valence-electron chi connectivity index (χ3n) is 6.91. The fourth-order valence-electron chi connectivity index (χ4n) is 4.64. The van der Waals surface area contributed by atoms with Crippen molar-refractivity contribution in [2.45, 2.75) is 79.6 Å². The number of aryl methyl sites for hydroxylation is 1. The lowest BCUT2D eigenvalue weighted by Crippen LogP contribution is -2.40. The number of rotatable bonds is 3. The fraction of sp³-hybridized carbons (Fsp3) is 0.556. The predicted molar refractivity (Wildman–Crippen MR) is 180 cm³/mol. The van der Waals surface area contributed by atoms with Crippen molar-refractivity contribution in [3.05, 3.63) is 83.1 Å². The van der Waals surface area contributed by atoms with Gasteiger partial charge in [0.25, 0.3) is 0 Å². The van der Waals surface area contributed by atoms with E-state index < -0.39 is 0 Å². The van der Waals surface area contributed by atoms with E-state index in [1.54, 1.807) is 6.07 Å². The summed E-state index contributed by atoms with van der Waals surface area (Å²) >= 11 is 0. The van der Waals surface area contributed by atoms with Crippen LogP contribution >= 0.6 is 0 Å². The highest BCUT2D eigenvalue weighted by Crippen LogP contribution is 2.35. The van der Waals surface area contributed by atoms with Crippen LogP contribution in [0.2, 0.25) is 0 Å². The number of carbonyl (C=O) groups excluding carboxylic acids is 2. The Morgan fingerprint density at radius 2 is 1.80 bits per heavy atom. The molecule has 0 saturated heterocycles. The Bertz CT molecular complexity index is 1060. The zero-order chi connectivity index (χ0) is 32.6. The summed E-state index contributed by atoms with van der Waals surface area (Å²) in [6.07, 6.45) is 18.7. The van der Waals surface area contributed by atoms with Crippen LogP contribution in [0.3, 0.4) is 0 Å². The molecule has 8 heteroatoms. The summed E-state index contributed by atoms with van der Waals surface area (Å²) in [5.41, 5.74) is 7.52. The zero-order valence-corrected chi connectivity index (χ0v) is 27.7. The maximum absolute atomic E-state index is 13.0. The van der Waals surface area contributed by atoms with Crippen LogP contribution in [0.4, 0.5) is 4.39 Å². The molecule has 44 heavy (non-hydrogen) atoms. The van der Waals surface area contributed by atoms with E-state index in [2.05, 4.69) is 79.8 Å². The molecule has 2 unspecified atom stereocenters. The van der Waals surface area contributed by atoms with Gasteiger partial charge in [-0.25, -0.2) is 4.39 Å². The first kappa shape index (κ1) is 38.6. The monoisotopic (exact) mass is 612 g/mol.